The third-order valence-corrected chi connectivity index (χ3v) is 4.17. The van der Waals surface area contributed by atoms with Crippen molar-refractivity contribution in [2.75, 3.05) is 20.4 Å². The Kier molecular flexibility index (Phi) is 3.33. The van der Waals surface area contributed by atoms with Gasteiger partial charge in [0, 0.05) is 31.1 Å². The van der Waals surface area contributed by atoms with Gasteiger partial charge in [0.2, 0.25) is 6.79 Å². The van der Waals surface area contributed by atoms with Crippen molar-refractivity contribution in [3.05, 3.63) is 53.1 Å². The molecule has 0 spiro atoms. The van der Waals surface area contributed by atoms with E-state index in [4.69, 9.17) is 14.2 Å². The Morgan fingerprint density at radius 3 is 2.96 bits per heavy atom. The molecule has 0 saturated carbocycles. The third kappa shape index (κ3) is 2.48. The molecule has 2 aromatic rings. The number of carbonyl (C=O) groups excluding carboxylic acids is 1. The van der Waals surface area contributed by atoms with Gasteiger partial charge in [0.1, 0.15) is 5.75 Å². The van der Waals surface area contributed by atoms with Gasteiger partial charge >= 0.3 is 0 Å². The van der Waals surface area contributed by atoms with Crippen LogP contribution in [0.2, 0.25) is 0 Å². The van der Waals surface area contributed by atoms with Crippen molar-refractivity contribution >= 4 is 5.91 Å². The molecule has 2 aromatic carbocycles. The molecule has 0 aliphatic carbocycles. The van der Waals surface area contributed by atoms with Crippen molar-refractivity contribution in [1.82, 2.24) is 4.90 Å². The summed E-state index contributed by atoms with van der Waals surface area (Å²) in [5.74, 6) is 2.33. The van der Waals surface area contributed by atoms with Gasteiger partial charge in [-0.2, -0.15) is 0 Å². The summed E-state index contributed by atoms with van der Waals surface area (Å²) in [7, 11) is 1.79. The Morgan fingerprint density at radius 1 is 1.13 bits per heavy atom. The molecule has 0 atom stereocenters. The molecule has 0 bridgehead atoms. The third-order valence-electron chi connectivity index (χ3n) is 4.17. The van der Waals surface area contributed by atoms with Crippen LogP contribution >= 0.6 is 0 Å². The van der Waals surface area contributed by atoms with Gasteiger partial charge in [-0.3, -0.25) is 4.79 Å². The minimum atomic E-state index is -0.0174. The summed E-state index contributed by atoms with van der Waals surface area (Å²) in [5.41, 5.74) is 2.73. The molecule has 5 nitrogen and oxygen atoms in total. The zero-order valence-corrected chi connectivity index (χ0v) is 12.9. The van der Waals surface area contributed by atoms with Crippen LogP contribution in [0.15, 0.2) is 36.4 Å². The lowest BCUT2D eigenvalue weighted by atomic mass is 10.1. The number of rotatable bonds is 3. The van der Waals surface area contributed by atoms with Crippen LogP contribution in [0, 0.1) is 0 Å². The SMILES string of the molecule is CN(Cc1cccc2c1OCO2)C(=O)c1ccc2c(c1)CCO2. The van der Waals surface area contributed by atoms with Crippen LogP contribution in [0.3, 0.4) is 0 Å². The molecule has 2 heterocycles. The van der Waals surface area contributed by atoms with Crippen molar-refractivity contribution < 1.29 is 19.0 Å². The molecule has 0 radical (unpaired) electrons. The first-order valence-electron chi connectivity index (χ1n) is 7.61. The first-order valence-corrected chi connectivity index (χ1v) is 7.61. The number of nitrogens with zero attached hydrogens (tertiary/aromatic N) is 1. The summed E-state index contributed by atoms with van der Waals surface area (Å²) in [4.78, 5) is 14.4. The van der Waals surface area contributed by atoms with E-state index in [1.165, 1.54) is 0 Å². The van der Waals surface area contributed by atoms with Crippen LogP contribution in [0.5, 0.6) is 17.2 Å². The van der Waals surface area contributed by atoms with Crippen molar-refractivity contribution in [2.45, 2.75) is 13.0 Å². The fraction of sp³-hybridized carbons (Fsp3) is 0.278. The lowest BCUT2D eigenvalue weighted by Gasteiger charge is -2.18. The second-order valence-electron chi connectivity index (χ2n) is 5.73. The van der Waals surface area contributed by atoms with E-state index in [-0.39, 0.29) is 12.7 Å². The average molecular weight is 311 g/mol. The van der Waals surface area contributed by atoms with Crippen LogP contribution in [0.1, 0.15) is 21.5 Å². The molecule has 0 fully saturated rings. The highest BCUT2D eigenvalue weighted by Crippen LogP contribution is 2.36. The monoisotopic (exact) mass is 311 g/mol. The van der Waals surface area contributed by atoms with Crippen LogP contribution in [0.25, 0.3) is 0 Å². The summed E-state index contributed by atoms with van der Waals surface area (Å²) in [6.45, 7) is 1.39. The average Bonchev–Trinajstić information content (AvgIpc) is 3.22. The van der Waals surface area contributed by atoms with Gasteiger partial charge in [-0.15, -0.1) is 0 Å². The molecule has 0 unspecified atom stereocenters. The van der Waals surface area contributed by atoms with E-state index >= 15 is 0 Å². The quantitative estimate of drug-likeness (QED) is 0.874. The summed E-state index contributed by atoms with van der Waals surface area (Å²) < 4.78 is 16.4. The minimum absolute atomic E-state index is 0.0174. The number of ether oxygens (including phenoxy) is 3. The molecule has 0 saturated heterocycles. The normalized spacial score (nSPS) is 14.3. The number of fused-ring (bicyclic) bond motifs is 2. The van der Waals surface area contributed by atoms with Crippen LogP contribution in [-0.2, 0) is 13.0 Å². The maximum absolute atomic E-state index is 12.7. The molecule has 23 heavy (non-hydrogen) atoms. The highest BCUT2D eigenvalue weighted by molar-refractivity contribution is 5.94. The molecular formula is C18H17NO4. The highest BCUT2D eigenvalue weighted by Gasteiger charge is 2.21. The number of amides is 1. The van der Waals surface area contributed by atoms with Gasteiger partial charge in [-0.05, 0) is 29.8 Å². The molecule has 118 valence electrons. The van der Waals surface area contributed by atoms with E-state index in [1.807, 2.05) is 36.4 Å². The molecule has 1 amide bonds. The van der Waals surface area contributed by atoms with E-state index in [2.05, 4.69) is 0 Å². The summed E-state index contributed by atoms with van der Waals surface area (Å²) in [5, 5.41) is 0. The summed E-state index contributed by atoms with van der Waals surface area (Å²) in [6, 6.07) is 11.4. The number of hydrogen-bond acceptors (Lipinski definition) is 4. The van der Waals surface area contributed by atoms with Gasteiger partial charge in [-0.1, -0.05) is 12.1 Å². The molecule has 2 aliphatic heterocycles. The molecule has 4 rings (SSSR count). The lowest BCUT2D eigenvalue weighted by Crippen LogP contribution is -2.26. The Bertz CT molecular complexity index is 772. The molecule has 2 aliphatic rings. The Balaban J connectivity index is 1.54. The van der Waals surface area contributed by atoms with Gasteiger partial charge < -0.3 is 19.1 Å². The van der Waals surface area contributed by atoms with Crippen molar-refractivity contribution in [1.29, 1.82) is 0 Å². The van der Waals surface area contributed by atoms with Gasteiger partial charge in [0.15, 0.2) is 11.5 Å². The number of para-hydroxylation sites is 1. The smallest absolute Gasteiger partial charge is 0.253 e. The van der Waals surface area contributed by atoms with Crippen LogP contribution in [-0.4, -0.2) is 31.3 Å². The van der Waals surface area contributed by atoms with Crippen LogP contribution < -0.4 is 14.2 Å². The van der Waals surface area contributed by atoms with Crippen molar-refractivity contribution in [3.63, 3.8) is 0 Å². The number of benzene rings is 2. The number of carbonyl (C=O) groups is 1. The summed E-state index contributed by atoms with van der Waals surface area (Å²) in [6.07, 6.45) is 0.859. The zero-order chi connectivity index (χ0) is 15.8. The second kappa shape index (κ2) is 5.50. The predicted octanol–water partition coefficient (Wildman–Crippen LogP) is 2.62. The fourth-order valence-electron chi connectivity index (χ4n) is 2.98. The van der Waals surface area contributed by atoms with E-state index in [0.29, 0.717) is 18.7 Å². The van der Waals surface area contributed by atoms with Crippen molar-refractivity contribution in [2.24, 2.45) is 0 Å². The summed E-state index contributed by atoms with van der Waals surface area (Å²) >= 11 is 0. The van der Waals surface area contributed by atoms with E-state index < -0.39 is 0 Å². The first kappa shape index (κ1) is 13.9. The molecular weight excluding hydrogens is 294 g/mol. The van der Waals surface area contributed by atoms with E-state index in [1.54, 1.807) is 11.9 Å². The first-order chi connectivity index (χ1) is 11.2. The van der Waals surface area contributed by atoms with Gasteiger partial charge in [0.25, 0.3) is 5.91 Å². The Hall–Kier alpha value is -2.69. The maximum Gasteiger partial charge on any atom is 0.253 e. The topological polar surface area (TPSA) is 48.0 Å². The molecule has 0 aromatic heterocycles. The molecule has 0 N–H and O–H groups in total. The van der Waals surface area contributed by atoms with Crippen molar-refractivity contribution in [3.8, 4) is 17.2 Å². The second-order valence-corrected chi connectivity index (χ2v) is 5.73. The lowest BCUT2D eigenvalue weighted by molar-refractivity contribution is 0.0784. The Labute approximate surface area is 134 Å². The largest absolute Gasteiger partial charge is 0.493 e. The highest BCUT2D eigenvalue weighted by atomic mass is 16.7. The minimum Gasteiger partial charge on any atom is -0.493 e. The van der Waals surface area contributed by atoms with E-state index in [9.17, 15) is 4.79 Å². The standard InChI is InChI=1S/C18H17NO4/c1-19(10-14-3-2-4-16-17(14)23-11-22-16)18(20)13-5-6-15-12(9-13)7-8-21-15/h2-6,9H,7-8,10-11H2,1H3. The zero-order valence-electron chi connectivity index (χ0n) is 12.9. The van der Waals surface area contributed by atoms with E-state index in [0.717, 1.165) is 34.8 Å². The maximum atomic E-state index is 12.7. The van der Waals surface area contributed by atoms with Crippen LogP contribution in [0.4, 0.5) is 0 Å². The van der Waals surface area contributed by atoms with Gasteiger partial charge in [-0.25, -0.2) is 0 Å². The Morgan fingerprint density at radius 2 is 2.04 bits per heavy atom. The number of hydrogen-bond donors (Lipinski definition) is 0. The fourth-order valence-corrected chi connectivity index (χ4v) is 2.98. The van der Waals surface area contributed by atoms with Gasteiger partial charge in [0.05, 0.1) is 6.61 Å². The predicted molar refractivity (Wildman–Crippen MR) is 84.0 cm³/mol. The molecule has 5 heteroatoms.